The minimum Gasteiger partial charge on any atom is -0.388 e. The van der Waals surface area contributed by atoms with Gasteiger partial charge in [0.05, 0.1) is 6.10 Å². The highest BCUT2D eigenvalue weighted by atomic mass is 16.3. The van der Waals surface area contributed by atoms with Crippen molar-refractivity contribution in [2.75, 3.05) is 11.9 Å². The zero-order valence-corrected chi connectivity index (χ0v) is 11.8. The summed E-state index contributed by atoms with van der Waals surface area (Å²) in [5.74, 6) is 0. The molecule has 0 aliphatic heterocycles. The van der Waals surface area contributed by atoms with Gasteiger partial charge < -0.3 is 10.0 Å². The van der Waals surface area contributed by atoms with Crippen molar-refractivity contribution in [3.63, 3.8) is 0 Å². The van der Waals surface area contributed by atoms with Crippen molar-refractivity contribution >= 4 is 11.4 Å². The standard InChI is InChI=1S/C17H21NO/c1-4-17(19)15-7-5-6-8-16(15)18(3)14-11-9-13(2)10-12-14/h5-12,17,19H,4H2,1-3H3/t17-/m1/s1. The zero-order chi connectivity index (χ0) is 13.8. The van der Waals surface area contributed by atoms with Gasteiger partial charge in [-0.25, -0.2) is 0 Å². The van der Waals surface area contributed by atoms with Gasteiger partial charge in [0.1, 0.15) is 0 Å². The van der Waals surface area contributed by atoms with Crippen molar-refractivity contribution < 1.29 is 5.11 Å². The molecule has 19 heavy (non-hydrogen) atoms. The fourth-order valence-corrected chi connectivity index (χ4v) is 2.20. The molecule has 2 rings (SSSR count). The van der Waals surface area contributed by atoms with Crippen LogP contribution in [0.5, 0.6) is 0 Å². The molecule has 2 nitrogen and oxygen atoms in total. The van der Waals surface area contributed by atoms with E-state index in [1.165, 1.54) is 5.56 Å². The summed E-state index contributed by atoms with van der Waals surface area (Å²) < 4.78 is 0. The number of benzene rings is 2. The van der Waals surface area contributed by atoms with E-state index in [1.54, 1.807) is 0 Å². The van der Waals surface area contributed by atoms with Crippen LogP contribution in [0.3, 0.4) is 0 Å². The van der Waals surface area contributed by atoms with Gasteiger partial charge in [0.2, 0.25) is 0 Å². The van der Waals surface area contributed by atoms with Gasteiger partial charge >= 0.3 is 0 Å². The third-order valence-electron chi connectivity index (χ3n) is 3.47. The monoisotopic (exact) mass is 255 g/mol. The molecule has 0 heterocycles. The molecule has 0 bridgehead atoms. The molecule has 0 saturated carbocycles. The number of para-hydroxylation sites is 1. The highest BCUT2D eigenvalue weighted by molar-refractivity contribution is 5.66. The smallest absolute Gasteiger partial charge is 0.0807 e. The second-order valence-corrected chi connectivity index (χ2v) is 4.88. The molecular weight excluding hydrogens is 234 g/mol. The largest absolute Gasteiger partial charge is 0.388 e. The average Bonchev–Trinajstić information content (AvgIpc) is 2.46. The Balaban J connectivity index is 2.38. The summed E-state index contributed by atoms with van der Waals surface area (Å²) in [5.41, 5.74) is 4.41. The van der Waals surface area contributed by atoms with Gasteiger partial charge in [-0.05, 0) is 31.5 Å². The van der Waals surface area contributed by atoms with Gasteiger partial charge in [0.25, 0.3) is 0 Å². The lowest BCUT2D eigenvalue weighted by Crippen LogP contribution is -2.13. The normalized spacial score (nSPS) is 12.2. The Morgan fingerprint density at radius 1 is 1.05 bits per heavy atom. The number of hydrogen-bond acceptors (Lipinski definition) is 2. The molecule has 0 fully saturated rings. The van der Waals surface area contributed by atoms with Crippen LogP contribution in [-0.2, 0) is 0 Å². The van der Waals surface area contributed by atoms with Crippen LogP contribution >= 0.6 is 0 Å². The topological polar surface area (TPSA) is 23.5 Å². The predicted octanol–water partition coefficient (Wildman–Crippen LogP) is 4.21. The molecule has 0 aliphatic carbocycles. The van der Waals surface area contributed by atoms with Crippen LogP contribution in [0.1, 0.15) is 30.6 Å². The summed E-state index contributed by atoms with van der Waals surface area (Å²) in [5, 5.41) is 10.1. The van der Waals surface area contributed by atoms with Gasteiger partial charge in [0, 0.05) is 24.0 Å². The minimum absolute atomic E-state index is 0.413. The molecule has 100 valence electrons. The van der Waals surface area contributed by atoms with E-state index in [9.17, 15) is 5.11 Å². The van der Waals surface area contributed by atoms with Gasteiger partial charge in [0.15, 0.2) is 0 Å². The van der Waals surface area contributed by atoms with E-state index in [0.29, 0.717) is 0 Å². The fraction of sp³-hybridized carbons (Fsp3) is 0.294. The van der Waals surface area contributed by atoms with Crippen LogP contribution in [-0.4, -0.2) is 12.2 Å². The van der Waals surface area contributed by atoms with E-state index in [2.05, 4.69) is 36.1 Å². The third kappa shape index (κ3) is 2.96. The Morgan fingerprint density at radius 2 is 1.68 bits per heavy atom. The van der Waals surface area contributed by atoms with Crippen LogP contribution < -0.4 is 4.90 Å². The predicted molar refractivity (Wildman–Crippen MR) is 80.9 cm³/mol. The molecule has 2 heteroatoms. The highest BCUT2D eigenvalue weighted by Gasteiger charge is 2.13. The Hall–Kier alpha value is -1.80. The lowest BCUT2D eigenvalue weighted by atomic mass is 10.0. The van der Waals surface area contributed by atoms with Crippen molar-refractivity contribution in [2.45, 2.75) is 26.4 Å². The number of aryl methyl sites for hydroxylation is 1. The van der Waals surface area contributed by atoms with Crippen molar-refractivity contribution in [1.82, 2.24) is 0 Å². The van der Waals surface area contributed by atoms with Crippen LogP contribution in [0.4, 0.5) is 11.4 Å². The summed E-state index contributed by atoms with van der Waals surface area (Å²) >= 11 is 0. The quantitative estimate of drug-likeness (QED) is 0.884. The van der Waals surface area contributed by atoms with Gasteiger partial charge in [-0.1, -0.05) is 42.8 Å². The summed E-state index contributed by atoms with van der Waals surface area (Å²) in [6.45, 7) is 4.08. The highest BCUT2D eigenvalue weighted by Crippen LogP contribution is 2.31. The second-order valence-electron chi connectivity index (χ2n) is 4.88. The fourth-order valence-electron chi connectivity index (χ4n) is 2.20. The van der Waals surface area contributed by atoms with Gasteiger partial charge in [-0.15, -0.1) is 0 Å². The molecule has 1 N–H and O–H groups in total. The number of aliphatic hydroxyl groups excluding tert-OH is 1. The molecule has 0 spiro atoms. The van der Waals surface area contributed by atoms with Crippen molar-refractivity contribution in [1.29, 1.82) is 0 Å². The first kappa shape index (κ1) is 13.6. The molecule has 2 aromatic rings. The number of anilines is 2. The lowest BCUT2D eigenvalue weighted by molar-refractivity contribution is 0.174. The summed E-state index contributed by atoms with van der Waals surface area (Å²) in [6.07, 6.45) is 0.308. The minimum atomic E-state index is -0.413. The molecule has 0 aliphatic rings. The van der Waals surface area contributed by atoms with E-state index in [0.717, 1.165) is 23.4 Å². The Kier molecular flexibility index (Phi) is 4.23. The maximum absolute atomic E-state index is 10.1. The van der Waals surface area contributed by atoms with Crippen LogP contribution in [0, 0.1) is 6.92 Å². The first-order valence-corrected chi connectivity index (χ1v) is 6.71. The van der Waals surface area contributed by atoms with E-state index in [-0.39, 0.29) is 0 Å². The number of rotatable bonds is 4. The second kappa shape index (κ2) is 5.89. The first-order valence-electron chi connectivity index (χ1n) is 6.71. The third-order valence-corrected chi connectivity index (χ3v) is 3.47. The van der Waals surface area contributed by atoms with E-state index in [1.807, 2.05) is 38.2 Å². The molecule has 1 atom stereocenters. The Bertz CT molecular complexity index is 533. The zero-order valence-electron chi connectivity index (χ0n) is 11.8. The molecule has 2 aromatic carbocycles. The number of aliphatic hydroxyl groups is 1. The number of nitrogens with zero attached hydrogens (tertiary/aromatic N) is 1. The molecule has 0 unspecified atom stereocenters. The first-order chi connectivity index (χ1) is 9.13. The van der Waals surface area contributed by atoms with Gasteiger partial charge in [-0.2, -0.15) is 0 Å². The maximum atomic E-state index is 10.1. The van der Waals surface area contributed by atoms with Crippen molar-refractivity contribution in [3.8, 4) is 0 Å². The van der Waals surface area contributed by atoms with Crippen LogP contribution in [0.25, 0.3) is 0 Å². The number of hydrogen-bond donors (Lipinski definition) is 1. The summed E-state index contributed by atoms with van der Waals surface area (Å²) in [6, 6.07) is 16.4. The van der Waals surface area contributed by atoms with Crippen molar-refractivity contribution in [3.05, 3.63) is 59.7 Å². The lowest BCUT2D eigenvalue weighted by Gasteiger charge is -2.24. The van der Waals surface area contributed by atoms with Crippen molar-refractivity contribution in [2.24, 2.45) is 0 Å². The maximum Gasteiger partial charge on any atom is 0.0807 e. The average molecular weight is 255 g/mol. The molecule has 0 amide bonds. The molecule has 0 saturated heterocycles. The molecule has 0 radical (unpaired) electrons. The van der Waals surface area contributed by atoms with E-state index >= 15 is 0 Å². The Labute approximate surface area is 115 Å². The SMILES string of the molecule is CC[C@@H](O)c1ccccc1N(C)c1ccc(C)cc1. The van der Waals surface area contributed by atoms with Crippen LogP contribution in [0.2, 0.25) is 0 Å². The van der Waals surface area contributed by atoms with Crippen LogP contribution in [0.15, 0.2) is 48.5 Å². The summed E-state index contributed by atoms with van der Waals surface area (Å²) in [4.78, 5) is 2.12. The molecule has 0 aromatic heterocycles. The van der Waals surface area contributed by atoms with Gasteiger partial charge in [-0.3, -0.25) is 0 Å². The van der Waals surface area contributed by atoms with E-state index < -0.39 is 6.10 Å². The Morgan fingerprint density at radius 3 is 2.32 bits per heavy atom. The summed E-state index contributed by atoms with van der Waals surface area (Å²) in [7, 11) is 2.03. The molecular formula is C17H21NO. The van der Waals surface area contributed by atoms with E-state index in [4.69, 9.17) is 0 Å².